The van der Waals surface area contributed by atoms with E-state index in [-0.39, 0.29) is 4.11 Å². The highest BCUT2D eigenvalue weighted by molar-refractivity contribution is 14.1. The molecule has 0 aliphatic rings. The molecule has 0 amide bonds. The maximum absolute atomic E-state index is 5.09. The average Bonchev–Trinajstić information content (AvgIpc) is 1.83. The Hall–Kier alpha value is 0.170. The first kappa shape index (κ1) is 8.17. The molecule has 0 bridgehead atoms. The second kappa shape index (κ2) is 5.31. The Balaban J connectivity index is 3.09. The van der Waals surface area contributed by atoms with Crippen LogP contribution in [0.15, 0.2) is 25.3 Å². The van der Waals surface area contributed by atoms with Gasteiger partial charge in [-0.3, -0.25) is 0 Å². The Bertz CT molecular complexity index is 80.6. The fourth-order valence-electron chi connectivity index (χ4n) is 0.228. The van der Waals surface area contributed by atoms with Gasteiger partial charge in [-0.15, -0.1) is 6.58 Å². The van der Waals surface area contributed by atoms with Gasteiger partial charge in [-0.2, -0.15) is 0 Å². The molecule has 0 aromatic rings. The van der Waals surface area contributed by atoms with Crippen LogP contribution in [0.2, 0.25) is 0 Å². The summed E-state index contributed by atoms with van der Waals surface area (Å²) in [6.07, 6.45) is 3.46. The van der Waals surface area contributed by atoms with Crippen molar-refractivity contribution < 1.29 is 4.74 Å². The van der Waals surface area contributed by atoms with Crippen LogP contribution in [-0.2, 0) is 4.74 Å². The van der Waals surface area contributed by atoms with Crippen LogP contribution in [0.5, 0.6) is 0 Å². The predicted octanol–water partition coefficient (Wildman–Crippen LogP) is 2.14. The zero-order chi connectivity index (χ0) is 6.41. The normalized spacial score (nSPS) is 12.6. The molecule has 0 saturated carbocycles. The molecule has 1 atom stereocenters. The zero-order valence-corrected chi connectivity index (χ0v) is 6.80. The fraction of sp³-hybridized carbons (Fsp3) is 0.333. The third-order valence-electron chi connectivity index (χ3n) is 0.559. The van der Waals surface area contributed by atoms with Gasteiger partial charge in [0.15, 0.2) is 0 Å². The molecule has 0 rings (SSSR count). The van der Waals surface area contributed by atoms with Crippen LogP contribution < -0.4 is 0 Å². The zero-order valence-electron chi connectivity index (χ0n) is 4.64. The minimum Gasteiger partial charge on any atom is -0.360 e. The van der Waals surface area contributed by atoms with Gasteiger partial charge in [0, 0.05) is 0 Å². The van der Waals surface area contributed by atoms with Crippen LogP contribution in [0.3, 0.4) is 0 Å². The highest BCUT2D eigenvalue weighted by Crippen LogP contribution is 2.01. The molecule has 0 N–H and O–H groups in total. The van der Waals surface area contributed by atoms with Crippen LogP contribution in [0, 0.1) is 0 Å². The number of hydrogen-bond acceptors (Lipinski definition) is 1. The van der Waals surface area contributed by atoms with E-state index in [1.165, 1.54) is 0 Å². The van der Waals surface area contributed by atoms with Gasteiger partial charge in [0.25, 0.3) is 0 Å². The molecule has 0 aromatic carbocycles. The molecule has 1 unspecified atom stereocenters. The van der Waals surface area contributed by atoms with Crippen molar-refractivity contribution in [3.63, 3.8) is 0 Å². The summed E-state index contributed by atoms with van der Waals surface area (Å²) in [7, 11) is 0. The van der Waals surface area contributed by atoms with Gasteiger partial charge in [0.2, 0.25) is 0 Å². The molecule has 0 aromatic heterocycles. The summed E-state index contributed by atoms with van der Waals surface area (Å²) in [6, 6.07) is 0. The smallest absolute Gasteiger partial charge is 0.127 e. The lowest BCUT2D eigenvalue weighted by atomic mass is 10.6. The van der Waals surface area contributed by atoms with E-state index in [2.05, 4.69) is 35.7 Å². The van der Waals surface area contributed by atoms with Gasteiger partial charge in [-0.1, -0.05) is 18.7 Å². The van der Waals surface area contributed by atoms with Crippen LogP contribution >= 0.6 is 22.6 Å². The SMILES string of the molecule is C=CCOC(I)C=C. The standard InChI is InChI=1S/C6H9IO/c1-3-5-8-6(7)4-2/h3-4,6H,1-2,5H2. The molecule has 0 aliphatic carbocycles. The third-order valence-corrected chi connectivity index (χ3v) is 1.43. The Morgan fingerprint density at radius 3 is 2.62 bits per heavy atom. The van der Waals surface area contributed by atoms with Gasteiger partial charge >= 0.3 is 0 Å². The fourth-order valence-corrected chi connectivity index (χ4v) is 0.436. The second-order valence-electron chi connectivity index (χ2n) is 1.21. The van der Waals surface area contributed by atoms with Crippen molar-refractivity contribution in [2.45, 2.75) is 4.11 Å². The molecule has 1 nitrogen and oxygen atoms in total. The quantitative estimate of drug-likeness (QED) is 0.403. The molecule has 0 radical (unpaired) electrons. The van der Waals surface area contributed by atoms with Crippen LogP contribution in [0.4, 0.5) is 0 Å². The summed E-state index contributed by atoms with van der Waals surface area (Å²) in [4.78, 5) is 0. The predicted molar refractivity (Wildman–Crippen MR) is 44.2 cm³/mol. The first-order chi connectivity index (χ1) is 3.81. The third kappa shape index (κ3) is 4.33. The molecule has 0 aliphatic heterocycles. The van der Waals surface area contributed by atoms with Crippen molar-refractivity contribution in [3.05, 3.63) is 25.3 Å². The summed E-state index contributed by atoms with van der Waals surface area (Å²) >= 11 is 2.14. The van der Waals surface area contributed by atoms with E-state index >= 15 is 0 Å². The van der Waals surface area contributed by atoms with Crippen molar-refractivity contribution in [3.8, 4) is 0 Å². The van der Waals surface area contributed by atoms with E-state index in [4.69, 9.17) is 4.74 Å². The summed E-state index contributed by atoms with van der Waals surface area (Å²) < 4.78 is 5.21. The summed E-state index contributed by atoms with van der Waals surface area (Å²) in [5.41, 5.74) is 0. The van der Waals surface area contributed by atoms with Gasteiger partial charge in [0.1, 0.15) is 4.11 Å². The molecule has 0 heterocycles. The molecule has 8 heavy (non-hydrogen) atoms. The first-order valence-electron chi connectivity index (χ1n) is 2.30. The average molecular weight is 224 g/mol. The maximum Gasteiger partial charge on any atom is 0.127 e. The highest BCUT2D eigenvalue weighted by atomic mass is 127. The number of halogens is 1. The van der Waals surface area contributed by atoms with E-state index in [1.54, 1.807) is 12.2 Å². The molecule has 46 valence electrons. The van der Waals surface area contributed by atoms with E-state index < -0.39 is 0 Å². The van der Waals surface area contributed by atoms with Crippen LogP contribution in [0.25, 0.3) is 0 Å². The van der Waals surface area contributed by atoms with E-state index in [0.717, 1.165) is 0 Å². The van der Waals surface area contributed by atoms with Gasteiger partial charge in [-0.05, 0) is 22.6 Å². The Morgan fingerprint density at radius 2 is 2.25 bits per heavy atom. The number of alkyl halides is 1. The minimum absolute atomic E-state index is 0.116. The molecule has 2 heteroatoms. The van der Waals surface area contributed by atoms with Gasteiger partial charge in [0.05, 0.1) is 6.61 Å². The Kier molecular flexibility index (Phi) is 5.42. The van der Waals surface area contributed by atoms with Crippen molar-refractivity contribution in [2.75, 3.05) is 6.61 Å². The monoisotopic (exact) mass is 224 g/mol. The van der Waals surface area contributed by atoms with Gasteiger partial charge in [-0.25, -0.2) is 0 Å². The van der Waals surface area contributed by atoms with E-state index in [0.29, 0.717) is 6.61 Å². The molecule has 0 saturated heterocycles. The lowest BCUT2D eigenvalue weighted by molar-refractivity contribution is 0.181. The van der Waals surface area contributed by atoms with Crippen LogP contribution in [-0.4, -0.2) is 10.7 Å². The van der Waals surface area contributed by atoms with Crippen molar-refractivity contribution >= 4 is 22.6 Å². The summed E-state index contributed by atoms with van der Waals surface area (Å²) in [6.45, 7) is 7.65. The largest absolute Gasteiger partial charge is 0.360 e. The number of rotatable bonds is 4. The minimum atomic E-state index is 0.116. The topological polar surface area (TPSA) is 9.23 Å². The second-order valence-corrected chi connectivity index (χ2v) is 2.44. The Labute approximate surface area is 63.6 Å². The molecule has 0 fully saturated rings. The molecular formula is C6H9IO. The summed E-state index contributed by atoms with van der Waals surface area (Å²) in [5.74, 6) is 0. The lowest BCUT2D eigenvalue weighted by Gasteiger charge is -2.01. The van der Waals surface area contributed by atoms with Crippen molar-refractivity contribution in [2.24, 2.45) is 0 Å². The summed E-state index contributed by atoms with van der Waals surface area (Å²) in [5, 5.41) is 0. The van der Waals surface area contributed by atoms with E-state index in [9.17, 15) is 0 Å². The number of ether oxygens (including phenoxy) is 1. The maximum atomic E-state index is 5.09. The molecular weight excluding hydrogens is 215 g/mol. The van der Waals surface area contributed by atoms with Crippen molar-refractivity contribution in [1.29, 1.82) is 0 Å². The van der Waals surface area contributed by atoms with Gasteiger partial charge < -0.3 is 4.74 Å². The Morgan fingerprint density at radius 1 is 1.62 bits per heavy atom. The highest BCUT2D eigenvalue weighted by Gasteiger charge is 1.91. The van der Waals surface area contributed by atoms with Crippen molar-refractivity contribution in [1.82, 2.24) is 0 Å². The lowest BCUT2D eigenvalue weighted by Crippen LogP contribution is -1.98. The van der Waals surface area contributed by atoms with Crippen LogP contribution in [0.1, 0.15) is 0 Å². The molecule has 0 spiro atoms. The number of hydrogen-bond donors (Lipinski definition) is 0. The first-order valence-corrected chi connectivity index (χ1v) is 3.55. The van der Waals surface area contributed by atoms with E-state index in [1.807, 2.05) is 0 Å².